The van der Waals surface area contributed by atoms with Crippen molar-refractivity contribution < 1.29 is 13.9 Å². The smallest absolute Gasteiger partial charge is 0.337 e. The fourth-order valence-electron chi connectivity index (χ4n) is 4.90. The molecule has 0 aliphatic carbocycles. The Balaban J connectivity index is 1.63. The summed E-state index contributed by atoms with van der Waals surface area (Å²) in [6.07, 6.45) is 1.77. The van der Waals surface area contributed by atoms with Crippen molar-refractivity contribution in [1.29, 1.82) is 0 Å². The molecule has 5 rings (SSSR count). The third kappa shape index (κ3) is 4.13. The Morgan fingerprint density at radius 3 is 2.36 bits per heavy atom. The highest BCUT2D eigenvalue weighted by Crippen LogP contribution is 2.43. The van der Waals surface area contributed by atoms with E-state index in [-0.39, 0.29) is 23.9 Å². The third-order valence-electron chi connectivity index (χ3n) is 6.54. The van der Waals surface area contributed by atoms with Crippen molar-refractivity contribution in [3.8, 4) is 5.69 Å². The molecule has 4 aromatic rings. The van der Waals surface area contributed by atoms with Crippen LogP contribution in [0, 0.1) is 19.7 Å². The Hall–Kier alpha value is -4.04. The number of methoxy groups -OCH3 is 1. The van der Waals surface area contributed by atoms with E-state index in [0.717, 1.165) is 34.0 Å². The Kier molecular flexibility index (Phi) is 6.28. The number of halogens is 1. The lowest BCUT2D eigenvalue weighted by Crippen LogP contribution is -2.29. The normalized spacial score (nSPS) is 17.2. The van der Waals surface area contributed by atoms with Gasteiger partial charge in [-0.2, -0.15) is 0 Å². The van der Waals surface area contributed by atoms with Crippen LogP contribution in [0.25, 0.3) is 5.69 Å². The zero-order valence-corrected chi connectivity index (χ0v) is 20.9. The number of nitrogens with zero attached hydrogens (tertiary/aromatic N) is 3. The number of carbonyl (C=O) groups is 1. The molecule has 0 bridgehead atoms. The minimum Gasteiger partial charge on any atom is -0.465 e. The molecule has 1 aliphatic rings. The van der Waals surface area contributed by atoms with E-state index in [9.17, 15) is 9.18 Å². The third-order valence-corrected chi connectivity index (χ3v) is 6.85. The largest absolute Gasteiger partial charge is 0.465 e. The van der Waals surface area contributed by atoms with Gasteiger partial charge in [0.05, 0.1) is 30.5 Å². The molecule has 1 saturated heterocycles. The summed E-state index contributed by atoms with van der Waals surface area (Å²) in [6.45, 7) is 4.11. The maximum Gasteiger partial charge on any atom is 0.337 e. The molecule has 3 heterocycles. The van der Waals surface area contributed by atoms with Gasteiger partial charge in [0.2, 0.25) is 0 Å². The number of aromatic nitrogens is 2. The molecule has 0 unspecified atom stereocenters. The van der Waals surface area contributed by atoms with E-state index in [4.69, 9.17) is 17.0 Å². The molecular weight excluding hydrogens is 475 g/mol. The molecule has 1 fully saturated rings. The summed E-state index contributed by atoms with van der Waals surface area (Å²) < 4.78 is 20.7. The van der Waals surface area contributed by atoms with Crippen molar-refractivity contribution in [3.63, 3.8) is 0 Å². The minimum absolute atomic E-state index is 0.209. The summed E-state index contributed by atoms with van der Waals surface area (Å²) >= 11 is 5.78. The Labute approximate surface area is 214 Å². The van der Waals surface area contributed by atoms with Gasteiger partial charge in [0.25, 0.3) is 0 Å². The fourth-order valence-corrected chi connectivity index (χ4v) is 5.25. The molecule has 8 heteroatoms. The number of thiocarbonyl (C=S) groups is 1. The van der Waals surface area contributed by atoms with Crippen LogP contribution >= 0.6 is 12.2 Å². The number of nitrogens with one attached hydrogen (secondary N) is 1. The van der Waals surface area contributed by atoms with E-state index in [0.29, 0.717) is 10.7 Å². The van der Waals surface area contributed by atoms with E-state index in [2.05, 4.69) is 27.9 Å². The lowest BCUT2D eigenvalue weighted by Gasteiger charge is -2.28. The van der Waals surface area contributed by atoms with Gasteiger partial charge in [-0.3, -0.25) is 4.98 Å². The highest BCUT2D eigenvalue weighted by atomic mass is 32.1. The molecule has 0 radical (unpaired) electrons. The van der Waals surface area contributed by atoms with E-state index < -0.39 is 0 Å². The minimum atomic E-state index is -0.373. The maximum atomic E-state index is 13.7. The van der Waals surface area contributed by atoms with Gasteiger partial charge in [-0.05, 0) is 98.4 Å². The highest BCUT2D eigenvalue weighted by Gasteiger charge is 2.42. The van der Waals surface area contributed by atoms with Crippen LogP contribution in [0.15, 0.2) is 79.0 Å². The van der Waals surface area contributed by atoms with Gasteiger partial charge >= 0.3 is 5.97 Å². The maximum absolute atomic E-state index is 13.7. The van der Waals surface area contributed by atoms with Gasteiger partial charge in [0, 0.05) is 29.0 Å². The second kappa shape index (κ2) is 9.54. The summed E-state index contributed by atoms with van der Waals surface area (Å²) in [6, 6.07) is 21.2. The summed E-state index contributed by atoms with van der Waals surface area (Å²) in [7, 11) is 1.37. The van der Waals surface area contributed by atoms with E-state index in [1.54, 1.807) is 30.5 Å². The number of esters is 1. The van der Waals surface area contributed by atoms with Crippen molar-refractivity contribution in [1.82, 2.24) is 14.9 Å². The number of hydrogen-bond donors (Lipinski definition) is 1. The number of hydrogen-bond acceptors (Lipinski definition) is 4. The van der Waals surface area contributed by atoms with Crippen LogP contribution in [0.3, 0.4) is 0 Å². The predicted molar refractivity (Wildman–Crippen MR) is 141 cm³/mol. The first kappa shape index (κ1) is 23.7. The van der Waals surface area contributed by atoms with Crippen LogP contribution in [0.4, 0.5) is 10.1 Å². The average Bonchev–Trinajstić information content (AvgIpc) is 3.39. The SMILES string of the molecule is COC(=O)c1ccc(-n2c(C)cc([C@@H]3[C@H](c4ccccn4)NC(=S)N3c3ccc(F)cc3)c2C)cc1. The lowest BCUT2D eigenvalue weighted by molar-refractivity contribution is 0.0600. The second-order valence-corrected chi connectivity index (χ2v) is 9.06. The lowest BCUT2D eigenvalue weighted by atomic mass is 9.96. The zero-order chi connectivity index (χ0) is 25.4. The Bertz CT molecular complexity index is 1420. The van der Waals surface area contributed by atoms with Crippen LogP contribution in [-0.2, 0) is 4.74 Å². The molecule has 2 atom stereocenters. The zero-order valence-electron chi connectivity index (χ0n) is 20.1. The molecular formula is C28H25FN4O2S. The number of benzene rings is 2. The number of pyridine rings is 1. The molecule has 6 nitrogen and oxygen atoms in total. The first-order valence-corrected chi connectivity index (χ1v) is 11.9. The van der Waals surface area contributed by atoms with Crippen molar-refractivity contribution in [2.75, 3.05) is 12.0 Å². The Morgan fingerprint density at radius 2 is 1.72 bits per heavy atom. The van der Waals surface area contributed by atoms with Gasteiger partial charge < -0.3 is 19.5 Å². The predicted octanol–water partition coefficient (Wildman–Crippen LogP) is 5.59. The first-order valence-electron chi connectivity index (χ1n) is 11.5. The van der Waals surface area contributed by atoms with E-state index in [1.807, 2.05) is 42.2 Å². The van der Waals surface area contributed by atoms with Crippen LogP contribution < -0.4 is 10.2 Å². The van der Waals surface area contributed by atoms with Gasteiger partial charge in [-0.25, -0.2) is 9.18 Å². The van der Waals surface area contributed by atoms with Crippen molar-refractivity contribution in [2.45, 2.75) is 25.9 Å². The molecule has 2 aromatic carbocycles. The molecule has 1 N–H and O–H groups in total. The summed E-state index contributed by atoms with van der Waals surface area (Å²) in [5.41, 5.74) is 6.21. The van der Waals surface area contributed by atoms with Gasteiger partial charge in [0.1, 0.15) is 5.82 Å². The van der Waals surface area contributed by atoms with Gasteiger partial charge in [-0.15, -0.1) is 0 Å². The molecule has 2 aromatic heterocycles. The van der Waals surface area contributed by atoms with Gasteiger partial charge in [0.15, 0.2) is 5.11 Å². The quantitative estimate of drug-likeness (QED) is 0.285. The molecule has 0 saturated carbocycles. The summed E-state index contributed by atoms with van der Waals surface area (Å²) in [4.78, 5) is 18.5. The van der Waals surface area contributed by atoms with Crippen LogP contribution in [-0.4, -0.2) is 27.7 Å². The summed E-state index contributed by atoms with van der Waals surface area (Å²) in [5, 5.41) is 3.99. The standard InChI is InChI=1S/C28H25FN4O2S/c1-17-16-23(18(2)32(17)21-11-7-19(8-12-21)27(34)35-3)26-25(24-6-4-5-15-30-24)31-28(36)33(26)22-13-9-20(29)10-14-22/h4-16,25-26H,1-3H3,(H,31,36)/t25-,26+/m0/s1. The van der Waals surface area contributed by atoms with Crippen LogP contribution in [0.2, 0.25) is 0 Å². The number of rotatable bonds is 5. The number of carbonyl (C=O) groups excluding carboxylic acids is 1. The molecule has 0 spiro atoms. The molecule has 182 valence electrons. The monoisotopic (exact) mass is 500 g/mol. The molecule has 1 aliphatic heterocycles. The summed E-state index contributed by atoms with van der Waals surface area (Å²) in [5.74, 6) is -0.676. The number of ether oxygens (including phenoxy) is 1. The van der Waals surface area contributed by atoms with E-state index in [1.165, 1.54) is 19.2 Å². The van der Waals surface area contributed by atoms with Crippen molar-refractivity contribution in [2.24, 2.45) is 0 Å². The second-order valence-electron chi connectivity index (χ2n) is 8.67. The Morgan fingerprint density at radius 1 is 1.03 bits per heavy atom. The topological polar surface area (TPSA) is 59.4 Å². The number of anilines is 1. The van der Waals surface area contributed by atoms with Crippen LogP contribution in [0.5, 0.6) is 0 Å². The van der Waals surface area contributed by atoms with Crippen molar-refractivity contribution in [3.05, 3.63) is 113 Å². The fraction of sp³-hybridized carbons (Fsp3) is 0.179. The first-order chi connectivity index (χ1) is 17.4. The highest BCUT2D eigenvalue weighted by molar-refractivity contribution is 7.80. The van der Waals surface area contributed by atoms with E-state index >= 15 is 0 Å². The number of aryl methyl sites for hydroxylation is 1. The average molecular weight is 501 g/mol. The van der Waals surface area contributed by atoms with Gasteiger partial charge in [-0.1, -0.05) is 6.07 Å². The van der Waals surface area contributed by atoms with Crippen molar-refractivity contribution >= 4 is 29.0 Å². The molecule has 0 amide bonds. The molecule has 36 heavy (non-hydrogen) atoms. The van der Waals surface area contributed by atoms with Crippen LogP contribution in [0.1, 0.15) is 45.1 Å².